The summed E-state index contributed by atoms with van der Waals surface area (Å²) < 4.78 is 5.40. The maximum Gasteiger partial charge on any atom is 0.313 e. The van der Waals surface area contributed by atoms with Gasteiger partial charge in [-0.2, -0.15) is 0 Å². The molecule has 0 amide bonds. The van der Waals surface area contributed by atoms with E-state index < -0.39 is 11.4 Å². The molecule has 0 aliphatic carbocycles. The lowest BCUT2D eigenvalue weighted by atomic mass is 9.70. The fraction of sp³-hybridized carbons (Fsp3) is 0.706. The summed E-state index contributed by atoms with van der Waals surface area (Å²) in [6, 6.07) is 2.04. The number of fused-ring (bicyclic) bond motifs is 1. The van der Waals surface area contributed by atoms with Gasteiger partial charge in [-0.25, -0.2) is 9.97 Å². The largest absolute Gasteiger partial charge is 0.481 e. The molecule has 4 heterocycles. The Kier molecular flexibility index (Phi) is 4.47. The third-order valence-corrected chi connectivity index (χ3v) is 5.74. The van der Waals surface area contributed by atoms with E-state index in [9.17, 15) is 9.90 Å². The van der Waals surface area contributed by atoms with Gasteiger partial charge in [0.15, 0.2) is 0 Å². The first kappa shape index (κ1) is 16.5. The van der Waals surface area contributed by atoms with Crippen molar-refractivity contribution in [2.24, 2.45) is 5.41 Å². The van der Waals surface area contributed by atoms with Crippen molar-refractivity contribution >= 4 is 17.6 Å². The van der Waals surface area contributed by atoms with Crippen molar-refractivity contribution in [3.8, 4) is 0 Å². The van der Waals surface area contributed by atoms with Gasteiger partial charge in [0.25, 0.3) is 0 Å². The Bertz CT molecular complexity index is 636. The van der Waals surface area contributed by atoms with Gasteiger partial charge in [-0.1, -0.05) is 0 Å². The van der Waals surface area contributed by atoms with Gasteiger partial charge in [0.1, 0.15) is 23.4 Å². The van der Waals surface area contributed by atoms with Crippen molar-refractivity contribution in [3.63, 3.8) is 0 Å². The minimum atomic E-state index is -0.722. The normalized spacial score (nSPS) is 30.0. The third-order valence-electron chi connectivity index (χ3n) is 5.74. The maximum absolute atomic E-state index is 12.1. The summed E-state index contributed by atoms with van der Waals surface area (Å²) in [5, 5.41) is 13.3. The number of carbonyl (C=O) groups is 1. The molecule has 3 aliphatic heterocycles. The van der Waals surface area contributed by atoms with Gasteiger partial charge < -0.3 is 25.0 Å². The van der Waals surface area contributed by atoms with Gasteiger partial charge in [0.2, 0.25) is 0 Å². The molecule has 0 bridgehead atoms. The number of hydrogen-bond acceptors (Lipinski definition) is 7. The summed E-state index contributed by atoms with van der Waals surface area (Å²) in [7, 11) is 0. The number of aromatic nitrogens is 2. The molecular formula is C17H25N5O3. The number of rotatable bonds is 3. The second-order valence-electron chi connectivity index (χ2n) is 7.12. The molecule has 1 aromatic rings. The van der Waals surface area contributed by atoms with E-state index in [4.69, 9.17) is 4.74 Å². The lowest BCUT2D eigenvalue weighted by Crippen LogP contribution is -2.63. The summed E-state index contributed by atoms with van der Waals surface area (Å²) >= 11 is 0. The minimum absolute atomic E-state index is 0.0514. The van der Waals surface area contributed by atoms with E-state index in [2.05, 4.69) is 25.1 Å². The molecule has 8 heteroatoms. The highest BCUT2D eigenvalue weighted by molar-refractivity contribution is 5.77. The zero-order chi connectivity index (χ0) is 17.3. The van der Waals surface area contributed by atoms with E-state index in [0.29, 0.717) is 19.8 Å². The molecule has 0 aromatic carbocycles. The fourth-order valence-corrected chi connectivity index (χ4v) is 4.32. The van der Waals surface area contributed by atoms with Crippen LogP contribution in [0.25, 0.3) is 0 Å². The number of carboxylic acid groups (broad SMARTS) is 1. The summed E-state index contributed by atoms with van der Waals surface area (Å²) in [5.41, 5.74) is -0.722. The van der Waals surface area contributed by atoms with Crippen LogP contribution in [0.5, 0.6) is 0 Å². The summed E-state index contributed by atoms with van der Waals surface area (Å²) in [5.74, 6) is 1.01. The number of morpholine rings is 1. The highest BCUT2D eigenvalue weighted by Crippen LogP contribution is 2.39. The van der Waals surface area contributed by atoms with Gasteiger partial charge >= 0.3 is 5.97 Å². The first-order valence-electron chi connectivity index (χ1n) is 9.05. The van der Waals surface area contributed by atoms with E-state index >= 15 is 0 Å². The molecule has 0 spiro atoms. The first-order valence-corrected chi connectivity index (χ1v) is 9.05. The Balaban J connectivity index is 1.56. The van der Waals surface area contributed by atoms with Crippen LogP contribution in [-0.2, 0) is 9.53 Å². The predicted octanol–water partition coefficient (Wildman–Crippen LogP) is 0.346. The third kappa shape index (κ3) is 3.04. The van der Waals surface area contributed by atoms with Crippen LogP contribution in [0.3, 0.4) is 0 Å². The van der Waals surface area contributed by atoms with Gasteiger partial charge in [0.05, 0.1) is 13.2 Å². The van der Waals surface area contributed by atoms with Gasteiger partial charge in [-0.3, -0.25) is 4.79 Å². The number of carboxylic acids is 1. The summed E-state index contributed by atoms with van der Waals surface area (Å²) in [6.07, 6.45) is 4.03. The number of nitrogens with zero attached hydrogens (tertiary/aromatic N) is 4. The molecule has 0 saturated carbocycles. The number of aliphatic carboxylic acids is 1. The van der Waals surface area contributed by atoms with E-state index in [0.717, 1.165) is 57.1 Å². The zero-order valence-corrected chi connectivity index (χ0v) is 14.4. The Labute approximate surface area is 147 Å². The van der Waals surface area contributed by atoms with Crippen molar-refractivity contribution in [2.45, 2.75) is 25.3 Å². The van der Waals surface area contributed by atoms with Gasteiger partial charge in [-0.15, -0.1) is 0 Å². The van der Waals surface area contributed by atoms with Crippen LogP contribution < -0.4 is 15.1 Å². The molecule has 0 unspecified atom stereocenters. The molecule has 3 saturated heterocycles. The topological polar surface area (TPSA) is 90.8 Å². The molecule has 3 aliphatic rings. The lowest BCUT2D eigenvalue weighted by molar-refractivity contribution is -0.153. The van der Waals surface area contributed by atoms with Crippen LogP contribution in [0.1, 0.15) is 19.3 Å². The van der Waals surface area contributed by atoms with Crippen molar-refractivity contribution in [1.29, 1.82) is 0 Å². The lowest BCUT2D eigenvalue weighted by Gasteiger charge is -2.48. The van der Waals surface area contributed by atoms with Crippen LogP contribution >= 0.6 is 0 Å². The SMILES string of the molecule is O=C(O)[C@]12CCCN[C@@H]1CCN(c1cc(N3CCOCC3)ncn1)C2. The van der Waals surface area contributed by atoms with Crippen LogP contribution in [-0.4, -0.2) is 73.0 Å². The predicted molar refractivity (Wildman–Crippen MR) is 93.0 cm³/mol. The molecule has 25 heavy (non-hydrogen) atoms. The van der Waals surface area contributed by atoms with E-state index in [1.165, 1.54) is 0 Å². The van der Waals surface area contributed by atoms with Gasteiger partial charge in [-0.05, 0) is 25.8 Å². The monoisotopic (exact) mass is 347 g/mol. The second-order valence-corrected chi connectivity index (χ2v) is 7.12. The molecule has 1 aromatic heterocycles. The number of hydrogen-bond donors (Lipinski definition) is 2. The Morgan fingerprint density at radius 3 is 2.76 bits per heavy atom. The van der Waals surface area contributed by atoms with Crippen molar-refractivity contribution in [2.75, 3.05) is 55.7 Å². The fourth-order valence-electron chi connectivity index (χ4n) is 4.32. The molecule has 0 radical (unpaired) electrons. The first-order chi connectivity index (χ1) is 12.2. The molecular weight excluding hydrogens is 322 g/mol. The van der Waals surface area contributed by atoms with E-state index in [1.807, 2.05) is 6.07 Å². The van der Waals surface area contributed by atoms with Crippen LogP contribution in [0.15, 0.2) is 12.4 Å². The Hall–Kier alpha value is -1.93. The second kappa shape index (κ2) is 6.76. The average Bonchev–Trinajstić information content (AvgIpc) is 2.68. The smallest absolute Gasteiger partial charge is 0.313 e. The van der Waals surface area contributed by atoms with E-state index in [1.54, 1.807) is 6.33 Å². The minimum Gasteiger partial charge on any atom is -0.481 e. The summed E-state index contributed by atoms with van der Waals surface area (Å²) in [4.78, 5) is 25.2. The number of nitrogens with one attached hydrogen (secondary N) is 1. The molecule has 136 valence electrons. The van der Waals surface area contributed by atoms with Crippen LogP contribution in [0, 0.1) is 5.41 Å². The van der Waals surface area contributed by atoms with Crippen molar-refractivity contribution in [1.82, 2.24) is 15.3 Å². The van der Waals surface area contributed by atoms with Crippen molar-refractivity contribution < 1.29 is 14.6 Å². The van der Waals surface area contributed by atoms with Crippen LogP contribution in [0.4, 0.5) is 11.6 Å². The number of ether oxygens (including phenoxy) is 1. The van der Waals surface area contributed by atoms with Crippen LogP contribution in [0.2, 0.25) is 0 Å². The van der Waals surface area contributed by atoms with Gasteiger partial charge in [0, 0.05) is 38.3 Å². The highest BCUT2D eigenvalue weighted by atomic mass is 16.5. The average molecular weight is 347 g/mol. The zero-order valence-electron chi connectivity index (χ0n) is 14.4. The molecule has 2 N–H and O–H groups in total. The Morgan fingerprint density at radius 1 is 1.24 bits per heavy atom. The van der Waals surface area contributed by atoms with Crippen molar-refractivity contribution in [3.05, 3.63) is 12.4 Å². The quantitative estimate of drug-likeness (QED) is 0.809. The standard InChI is InChI=1S/C17H25N5O3/c23-16(24)17-3-1-4-18-13(17)2-5-22(11-17)15-10-14(19-12-20-15)21-6-8-25-9-7-21/h10,12-13,18H,1-9,11H2,(H,23,24)/t13-,17+/m1/s1. The van der Waals surface area contributed by atoms with E-state index in [-0.39, 0.29) is 6.04 Å². The molecule has 4 rings (SSSR count). The Morgan fingerprint density at radius 2 is 2.00 bits per heavy atom. The highest BCUT2D eigenvalue weighted by Gasteiger charge is 2.51. The summed E-state index contributed by atoms with van der Waals surface area (Å²) in [6.45, 7) is 5.28. The maximum atomic E-state index is 12.1. The molecule has 2 atom stereocenters. The number of piperidine rings is 2. The number of anilines is 2. The molecule has 8 nitrogen and oxygen atoms in total. The molecule has 3 fully saturated rings.